The first-order valence-electron chi connectivity index (χ1n) is 14.9. The van der Waals surface area contributed by atoms with E-state index in [2.05, 4.69) is 124 Å². The molecule has 0 amide bonds. The number of benzene rings is 6. The van der Waals surface area contributed by atoms with E-state index in [1.54, 1.807) is 0 Å². The third-order valence-corrected chi connectivity index (χ3v) is 8.46. The fraction of sp³-hybridized carbons (Fsp3) is 0.0513. The van der Waals surface area contributed by atoms with Gasteiger partial charge in [0.1, 0.15) is 6.17 Å². The van der Waals surface area contributed by atoms with E-state index in [0.717, 1.165) is 33.4 Å². The van der Waals surface area contributed by atoms with E-state index in [1.165, 1.54) is 27.1 Å². The van der Waals surface area contributed by atoms with Crippen molar-refractivity contribution in [2.24, 2.45) is 10.8 Å². The number of hydrazine groups is 1. The number of para-hydroxylation sites is 3. The summed E-state index contributed by atoms with van der Waals surface area (Å²) in [5, 5.41) is 6.61. The van der Waals surface area contributed by atoms with Crippen LogP contribution in [-0.2, 0) is 6.54 Å². The Labute approximate surface area is 255 Å². The molecule has 5 nitrogen and oxygen atoms in total. The highest BCUT2D eigenvalue weighted by Crippen LogP contribution is 2.40. The Morgan fingerprint density at radius 1 is 0.568 bits per heavy atom. The highest BCUT2D eigenvalue weighted by atomic mass is 15.5. The van der Waals surface area contributed by atoms with Crippen LogP contribution >= 0.6 is 0 Å². The van der Waals surface area contributed by atoms with Crippen LogP contribution in [0.25, 0.3) is 49.3 Å². The van der Waals surface area contributed by atoms with Crippen molar-refractivity contribution >= 4 is 50.0 Å². The molecule has 0 bridgehead atoms. The predicted molar refractivity (Wildman–Crippen MR) is 183 cm³/mol. The Balaban J connectivity index is 1.39. The molecular weight excluding hydrogens is 538 g/mol. The highest BCUT2D eigenvalue weighted by molar-refractivity contribution is 6.24. The third-order valence-electron chi connectivity index (χ3n) is 8.46. The van der Waals surface area contributed by atoms with Gasteiger partial charge < -0.3 is 4.57 Å². The van der Waals surface area contributed by atoms with Gasteiger partial charge in [-0.05, 0) is 35.4 Å². The van der Waals surface area contributed by atoms with Crippen molar-refractivity contribution in [1.82, 2.24) is 14.1 Å². The van der Waals surface area contributed by atoms with Crippen LogP contribution in [0.1, 0.15) is 17.3 Å². The average Bonchev–Trinajstić information content (AvgIpc) is 3.59. The lowest BCUT2D eigenvalue weighted by molar-refractivity contribution is 0.199. The van der Waals surface area contributed by atoms with Gasteiger partial charge in [-0.3, -0.25) is 10.4 Å². The van der Waals surface area contributed by atoms with Crippen LogP contribution in [-0.4, -0.2) is 20.5 Å². The van der Waals surface area contributed by atoms with Crippen LogP contribution in [0.2, 0.25) is 0 Å². The summed E-state index contributed by atoms with van der Waals surface area (Å²) in [4.78, 5) is 5.23. The van der Waals surface area contributed by atoms with Crippen molar-refractivity contribution in [3.63, 3.8) is 0 Å². The zero-order valence-corrected chi connectivity index (χ0v) is 24.2. The second kappa shape index (κ2) is 11.0. The lowest BCUT2D eigenvalue weighted by Gasteiger charge is -2.24. The first-order chi connectivity index (χ1) is 21.8. The third kappa shape index (κ3) is 4.38. The number of nitrogens with zero attached hydrogens (tertiary/aromatic N) is 4. The molecule has 2 N–H and O–H groups in total. The van der Waals surface area contributed by atoms with Gasteiger partial charge in [0.25, 0.3) is 0 Å². The van der Waals surface area contributed by atoms with Crippen LogP contribution in [0.15, 0.2) is 157 Å². The topological polar surface area (TPSA) is 51.5 Å². The minimum atomic E-state index is -0.383. The molecule has 0 spiro atoms. The first kappa shape index (κ1) is 26.2. The summed E-state index contributed by atoms with van der Waals surface area (Å²) >= 11 is 0. The van der Waals surface area contributed by atoms with Gasteiger partial charge in [0.15, 0.2) is 0 Å². The molecule has 0 aliphatic rings. The number of rotatable bonds is 7. The van der Waals surface area contributed by atoms with E-state index < -0.39 is 0 Å². The van der Waals surface area contributed by atoms with Gasteiger partial charge in [-0.25, -0.2) is 10.0 Å². The molecule has 5 heteroatoms. The molecule has 44 heavy (non-hydrogen) atoms. The summed E-state index contributed by atoms with van der Waals surface area (Å²) in [7, 11) is 0. The Morgan fingerprint density at radius 2 is 1.11 bits per heavy atom. The van der Waals surface area contributed by atoms with Crippen LogP contribution in [0.5, 0.6) is 0 Å². The lowest BCUT2D eigenvalue weighted by atomic mass is 10.1. The molecule has 1 atom stereocenters. The second-order valence-corrected chi connectivity index (χ2v) is 11.1. The normalized spacial score (nSPS) is 12.8. The Hall–Kier alpha value is -5.49. The number of hydrogen-bond acceptors (Lipinski definition) is 3. The van der Waals surface area contributed by atoms with E-state index in [9.17, 15) is 0 Å². The molecule has 0 saturated carbocycles. The predicted octanol–water partition coefficient (Wildman–Crippen LogP) is 8.84. The molecule has 6 aromatic carbocycles. The molecule has 0 fully saturated rings. The molecule has 1 unspecified atom stereocenters. The molecule has 0 aliphatic carbocycles. The first-order valence-corrected chi connectivity index (χ1v) is 14.9. The standard InChI is InChI=1S/C39H31N5/c40-43(26-28-14-4-1-5-15-28)39(29-16-6-2-7-17-29)41-27-42-35-22-12-10-20-31(35)33-24-25-34-32-21-11-13-23-36(32)44(38(34)37(33)42)30-18-8-3-9-19-30/h1-25,27,39H,26,40H2. The smallest absolute Gasteiger partial charge is 0.142 e. The summed E-state index contributed by atoms with van der Waals surface area (Å²) in [6, 6.07) is 52.9. The Kier molecular flexibility index (Phi) is 6.52. The van der Waals surface area contributed by atoms with Crippen molar-refractivity contribution in [1.29, 1.82) is 0 Å². The zero-order chi connectivity index (χ0) is 29.5. The van der Waals surface area contributed by atoms with Gasteiger partial charge in [-0.1, -0.05) is 127 Å². The van der Waals surface area contributed by atoms with E-state index in [1.807, 2.05) is 47.7 Å². The van der Waals surface area contributed by atoms with Gasteiger partial charge in [0.05, 0.1) is 28.4 Å². The molecule has 8 rings (SSSR count). The van der Waals surface area contributed by atoms with Crippen molar-refractivity contribution in [3.05, 3.63) is 163 Å². The molecule has 0 saturated heterocycles. The van der Waals surface area contributed by atoms with E-state index in [4.69, 9.17) is 10.8 Å². The fourth-order valence-electron chi connectivity index (χ4n) is 6.50. The summed E-state index contributed by atoms with van der Waals surface area (Å²) in [5.74, 6) is 6.79. The summed E-state index contributed by atoms with van der Waals surface area (Å²) in [6.07, 6.45) is 1.59. The van der Waals surface area contributed by atoms with Crippen LogP contribution < -0.4 is 5.84 Å². The summed E-state index contributed by atoms with van der Waals surface area (Å²) in [5.41, 5.74) is 7.84. The number of hydrogen-bond donors (Lipinski definition) is 1. The largest absolute Gasteiger partial charge is 0.307 e. The molecular formula is C39H31N5. The molecule has 0 aliphatic heterocycles. The van der Waals surface area contributed by atoms with Gasteiger partial charge in [-0.2, -0.15) is 0 Å². The minimum absolute atomic E-state index is 0.383. The van der Waals surface area contributed by atoms with Crippen molar-refractivity contribution in [2.75, 3.05) is 0 Å². The average molecular weight is 570 g/mol. The van der Waals surface area contributed by atoms with Gasteiger partial charge in [0.2, 0.25) is 0 Å². The number of nitrogens with two attached hydrogens (primary N) is 1. The quantitative estimate of drug-likeness (QED) is 0.0902. The molecule has 2 aromatic heterocycles. The van der Waals surface area contributed by atoms with Crippen molar-refractivity contribution in [3.8, 4) is 5.69 Å². The highest BCUT2D eigenvalue weighted by Gasteiger charge is 2.21. The van der Waals surface area contributed by atoms with Gasteiger partial charge >= 0.3 is 0 Å². The minimum Gasteiger partial charge on any atom is -0.307 e. The van der Waals surface area contributed by atoms with Gasteiger partial charge in [0, 0.05) is 33.8 Å². The summed E-state index contributed by atoms with van der Waals surface area (Å²) < 4.78 is 4.63. The maximum absolute atomic E-state index is 6.79. The van der Waals surface area contributed by atoms with E-state index in [0.29, 0.717) is 6.54 Å². The SMILES string of the molecule is NN(Cc1ccccc1)C(N=Cn1c2ccccc2c2ccc3c4ccccc4n(-c4ccccc4)c3c21)c1ccccc1. The fourth-order valence-corrected chi connectivity index (χ4v) is 6.50. The Bertz CT molecular complexity index is 2260. The van der Waals surface area contributed by atoms with Crippen LogP contribution in [0.3, 0.4) is 0 Å². The zero-order valence-electron chi connectivity index (χ0n) is 24.2. The second-order valence-electron chi connectivity index (χ2n) is 11.1. The van der Waals surface area contributed by atoms with E-state index in [-0.39, 0.29) is 6.17 Å². The van der Waals surface area contributed by atoms with Crippen molar-refractivity contribution < 1.29 is 0 Å². The monoisotopic (exact) mass is 569 g/mol. The maximum Gasteiger partial charge on any atom is 0.142 e. The van der Waals surface area contributed by atoms with Crippen LogP contribution in [0, 0.1) is 0 Å². The molecule has 2 heterocycles. The van der Waals surface area contributed by atoms with Gasteiger partial charge in [-0.15, -0.1) is 0 Å². The summed E-state index contributed by atoms with van der Waals surface area (Å²) in [6.45, 7) is 0.567. The Morgan fingerprint density at radius 3 is 1.82 bits per heavy atom. The number of fused-ring (bicyclic) bond motifs is 7. The number of aromatic nitrogens is 2. The molecule has 0 radical (unpaired) electrons. The maximum atomic E-state index is 6.79. The van der Waals surface area contributed by atoms with E-state index >= 15 is 0 Å². The molecule has 8 aromatic rings. The van der Waals surface area contributed by atoms with Crippen molar-refractivity contribution in [2.45, 2.75) is 12.7 Å². The van der Waals surface area contributed by atoms with Crippen LogP contribution in [0.4, 0.5) is 0 Å². The molecule has 212 valence electrons. The lowest BCUT2D eigenvalue weighted by Crippen LogP contribution is -2.34. The number of aliphatic imine (C=N–C) groups is 1.